The van der Waals surface area contributed by atoms with Crippen molar-refractivity contribution >= 4 is 71.5 Å². The summed E-state index contributed by atoms with van der Waals surface area (Å²) in [4.78, 5) is 4.77. The first-order chi connectivity index (χ1) is 19.8. The molecule has 7 rings (SSSR count). The van der Waals surface area contributed by atoms with Crippen LogP contribution in [-0.4, -0.2) is 0 Å². The average molecular weight is 557 g/mol. The summed E-state index contributed by atoms with van der Waals surface area (Å²) in [5.74, 6) is 0. The lowest BCUT2D eigenvalue weighted by Gasteiger charge is -2.31. The third-order valence-electron chi connectivity index (χ3n) is 7.60. The molecule has 196 valence electrons. The summed E-state index contributed by atoms with van der Waals surface area (Å²) in [7, 11) is 0. The number of hydrogen-bond donors (Lipinski definition) is 0. The van der Waals surface area contributed by atoms with Crippen LogP contribution in [0, 0.1) is 0 Å². The van der Waals surface area contributed by atoms with Gasteiger partial charge in [0, 0.05) is 53.6 Å². The lowest BCUT2D eigenvalue weighted by atomic mass is 10.0. The zero-order valence-corrected chi connectivity index (χ0v) is 23.7. The van der Waals surface area contributed by atoms with Gasteiger partial charge in [-0.25, -0.2) is 0 Å². The van der Waals surface area contributed by atoms with Crippen molar-refractivity contribution in [1.29, 1.82) is 0 Å². The number of thiophene rings is 1. The number of anilines is 5. The van der Waals surface area contributed by atoms with E-state index in [1.807, 2.05) is 11.3 Å². The van der Waals surface area contributed by atoms with Gasteiger partial charge in [0.1, 0.15) is 0 Å². The summed E-state index contributed by atoms with van der Waals surface area (Å²) < 4.78 is 2.46. The Kier molecular flexibility index (Phi) is 6.76. The Bertz CT molecular complexity index is 1770. The van der Waals surface area contributed by atoms with Crippen LogP contribution in [0.2, 0.25) is 5.02 Å². The Hall–Kier alpha value is -4.05. The predicted octanol–water partition coefficient (Wildman–Crippen LogP) is 11.8. The van der Waals surface area contributed by atoms with E-state index in [0.29, 0.717) is 0 Å². The molecule has 0 N–H and O–H groups in total. The fourth-order valence-electron chi connectivity index (χ4n) is 5.82. The highest BCUT2D eigenvalue weighted by molar-refractivity contribution is 7.26. The van der Waals surface area contributed by atoms with Crippen molar-refractivity contribution in [2.45, 2.75) is 25.7 Å². The number of nitrogens with zero attached hydrogens (tertiary/aromatic N) is 2. The first kappa shape index (κ1) is 25.0. The molecule has 0 saturated heterocycles. The molecular weight excluding hydrogens is 528 g/mol. The fraction of sp³-hybridized carbons (Fsp3) is 0.111. The van der Waals surface area contributed by atoms with E-state index in [0.717, 1.165) is 40.6 Å². The zero-order chi connectivity index (χ0) is 26.9. The van der Waals surface area contributed by atoms with Crippen LogP contribution in [0.4, 0.5) is 28.4 Å². The van der Waals surface area contributed by atoms with Crippen LogP contribution in [0.15, 0.2) is 133 Å². The van der Waals surface area contributed by atoms with E-state index >= 15 is 0 Å². The van der Waals surface area contributed by atoms with Gasteiger partial charge < -0.3 is 9.80 Å². The number of benzene rings is 5. The molecule has 4 heteroatoms. The summed E-state index contributed by atoms with van der Waals surface area (Å²) in [6.45, 7) is 0. The Morgan fingerprint density at radius 2 is 1.20 bits per heavy atom. The molecular formula is C36H29ClN2S. The minimum Gasteiger partial charge on any atom is -0.314 e. The maximum Gasteiger partial charge on any atom is 0.0566 e. The summed E-state index contributed by atoms with van der Waals surface area (Å²) in [5, 5.41) is 3.27. The van der Waals surface area contributed by atoms with E-state index in [2.05, 4.69) is 137 Å². The Balaban J connectivity index is 1.48. The normalized spacial score (nSPS) is 13.4. The topological polar surface area (TPSA) is 6.48 Å². The van der Waals surface area contributed by atoms with E-state index in [1.165, 1.54) is 44.4 Å². The van der Waals surface area contributed by atoms with E-state index in [-0.39, 0.29) is 0 Å². The summed E-state index contributed by atoms with van der Waals surface area (Å²) >= 11 is 8.63. The van der Waals surface area contributed by atoms with Crippen LogP contribution in [0.5, 0.6) is 0 Å². The number of rotatable bonds is 6. The van der Waals surface area contributed by atoms with Crippen LogP contribution in [-0.2, 0) is 0 Å². The average Bonchev–Trinajstić information content (AvgIpc) is 3.37. The van der Waals surface area contributed by atoms with Gasteiger partial charge in [-0.05, 0) is 92.4 Å². The minimum atomic E-state index is 0.766. The van der Waals surface area contributed by atoms with Crippen molar-refractivity contribution in [2.24, 2.45) is 0 Å². The number of allylic oxidation sites excluding steroid dienone is 2. The van der Waals surface area contributed by atoms with Gasteiger partial charge >= 0.3 is 0 Å². The molecule has 0 fully saturated rings. The Morgan fingerprint density at radius 1 is 0.575 bits per heavy atom. The number of fused-ring (bicyclic) bond motifs is 3. The molecule has 0 atom stereocenters. The lowest BCUT2D eigenvalue weighted by Crippen LogP contribution is -2.18. The summed E-state index contributed by atoms with van der Waals surface area (Å²) in [6.07, 6.45) is 7.04. The van der Waals surface area contributed by atoms with E-state index < -0.39 is 0 Å². The third-order valence-corrected chi connectivity index (χ3v) is 8.93. The molecule has 0 aliphatic heterocycles. The monoisotopic (exact) mass is 556 g/mol. The van der Waals surface area contributed by atoms with Crippen molar-refractivity contribution in [3.05, 3.63) is 138 Å². The molecule has 0 spiro atoms. The molecule has 1 aliphatic carbocycles. The van der Waals surface area contributed by atoms with Gasteiger partial charge in [-0.1, -0.05) is 72.3 Å². The molecule has 0 amide bonds. The van der Waals surface area contributed by atoms with Gasteiger partial charge in [0.25, 0.3) is 0 Å². The second-order valence-electron chi connectivity index (χ2n) is 10.2. The van der Waals surface area contributed by atoms with Gasteiger partial charge in [0.2, 0.25) is 0 Å². The van der Waals surface area contributed by atoms with Crippen molar-refractivity contribution in [1.82, 2.24) is 0 Å². The van der Waals surface area contributed by atoms with Crippen molar-refractivity contribution < 1.29 is 0 Å². The van der Waals surface area contributed by atoms with Gasteiger partial charge in [-0.3, -0.25) is 0 Å². The minimum absolute atomic E-state index is 0.766. The molecule has 6 aromatic rings. The van der Waals surface area contributed by atoms with Crippen molar-refractivity contribution in [2.75, 3.05) is 9.80 Å². The van der Waals surface area contributed by atoms with Crippen LogP contribution < -0.4 is 9.80 Å². The van der Waals surface area contributed by atoms with Gasteiger partial charge in [0.05, 0.1) is 5.69 Å². The Labute approximate surface area is 244 Å². The number of halogens is 1. The number of para-hydroxylation sites is 3. The van der Waals surface area contributed by atoms with E-state index in [1.54, 1.807) is 0 Å². The molecule has 5 aromatic carbocycles. The van der Waals surface area contributed by atoms with E-state index in [4.69, 9.17) is 11.6 Å². The lowest BCUT2D eigenvalue weighted by molar-refractivity contribution is 0.691. The highest BCUT2D eigenvalue weighted by Gasteiger charge is 2.22. The molecule has 1 heterocycles. The second kappa shape index (κ2) is 10.8. The summed E-state index contributed by atoms with van der Waals surface area (Å²) in [5.41, 5.74) is 7.07. The second-order valence-corrected chi connectivity index (χ2v) is 11.7. The molecule has 0 radical (unpaired) electrons. The zero-order valence-electron chi connectivity index (χ0n) is 22.1. The van der Waals surface area contributed by atoms with Crippen LogP contribution >= 0.6 is 22.9 Å². The van der Waals surface area contributed by atoms with Gasteiger partial charge in [-0.15, -0.1) is 11.3 Å². The molecule has 0 unspecified atom stereocenters. The fourth-order valence-corrected chi connectivity index (χ4v) is 7.24. The van der Waals surface area contributed by atoms with E-state index in [9.17, 15) is 0 Å². The first-order valence-electron chi connectivity index (χ1n) is 13.9. The standard InChI is InChI=1S/C36H29ClN2S/c37-26-23-33(39(29-17-9-3-10-18-29)30-19-11-4-12-20-30)36-32-25-31(21-22-34(32)40-35(36)24-26)38(27-13-5-1-6-14-27)28-15-7-2-8-16-28/h1-3,5-10,13-19,21-25H,4,11-12,20H2. The maximum absolute atomic E-state index is 6.82. The quantitative estimate of drug-likeness (QED) is 0.201. The maximum atomic E-state index is 6.82. The number of hydrogen-bond acceptors (Lipinski definition) is 3. The highest BCUT2D eigenvalue weighted by Crippen LogP contribution is 2.47. The molecule has 1 aliphatic rings. The van der Waals surface area contributed by atoms with Crippen LogP contribution in [0.3, 0.4) is 0 Å². The van der Waals surface area contributed by atoms with Crippen molar-refractivity contribution in [3.8, 4) is 0 Å². The van der Waals surface area contributed by atoms with Crippen LogP contribution in [0.25, 0.3) is 20.2 Å². The highest BCUT2D eigenvalue weighted by atomic mass is 35.5. The van der Waals surface area contributed by atoms with Crippen molar-refractivity contribution in [3.63, 3.8) is 0 Å². The Morgan fingerprint density at radius 3 is 1.80 bits per heavy atom. The molecule has 2 nitrogen and oxygen atoms in total. The largest absolute Gasteiger partial charge is 0.314 e. The summed E-state index contributed by atoms with van der Waals surface area (Å²) in [6, 6.07) is 43.0. The molecule has 40 heavy (non-hydrogen) atoms. The smallest absolute Gasteiger partial charge is 0.0566 e. The SMILES string of the molecule is Clc1cc(N(C2=CCCCC2)c2ccccc2)c2c(c1)sc1ccc(N(c3ccccc3)c3ccccc3)cc12. The third kappa shape index (κ3) is 4.66. The molecule has 0 saturated carbocycles. The van der Waals surface area contributed by atoms with Gasteiger partial charge in [-0.2, -0.15) is 0 Å². The predicted molar refractivity (Wildman–Crippen MR) is 174 cm³/mol. The molecule has 0 bridgehead atoms. The first-order valence-corrected chi connectivity index (χ1v) is 15.1. The van der Waals surface area contributed by atoms with Crippen LogP contribution in [0.1, 0.15) is 25.7 Å². The molecule has 1 aromatic heterocycles. The van der Waals surface area contributed by atoms with Gasteiger partial charge in [0.15, 0.2) is 0 Å².